The predicted octanol–water partition coefficient (Wildman–Crippen LogP) is 6.16. The van der Waals surface area contributed by atoms with Crippen LogP contribution in [0.5, 0.6) is 0 Å². The first-order valence-corrected chi connectivity index (χ1v) is 13.1. The number of carboxylic acid groups (broad SMARTS) is 1. The molecule has 5 nitrogen and oxygen atoms in total. The number of amides is 1. The lowest BCUT2D eigenvalue weighted by Gasteiger charge is -2.14. The van der Waals surface area contributed by atoms with E-state index in [1.54, 1.807) is 12.1 Å². The Labute approximate surface area is 217 Å². The predicted molar refractivity (Wildman–Crippen MR) is 145 cm³/mol. The molecule has 0 spiro atoms. The highest BCUT2D eigenvalue weighted by molar-refractivity contribution is 7.98. The Balaban J connectivity index is 1.83. The highest BCUT2D eigenvalue weighted by Crippen LogP contribution is 2.28. The maximum atomic E-state index is 13.1. The quantitative estimate of drug-likeness (QED) is 0.308. The van der Waals surface area contributed by atoms with Gasteiger partial charge in [0.1, 0.15) is 5.70 Å². The summed E-state index contributed by atoms with van der Waals surface area (Å²) in [5.74, 6) is -0.694. The van der Waals surface area contributed by atoms with E-state index in [1.165, 1.54) is 23.4 Å². The van der Waals surface area contributed by atoms with E-state index in [9.17, 15) is 14.7 Å². The lowest BCUT2D eigenvalue weighted by atomic mass is 9.94. The zero-order chi connectivity index (χ0) is 26.1. The number of hydrogen-bond donors (Lipinski definition) is 2. The lowest BCUT2D eigenvalue weighted by Crippen LogP contribution is -2.28. The first-order valence-electron chi connectivity index (χ1n) is 11.7. The summed E-state index contributed by atoms with van der Waals surface area (Å²) in [4.78, 5) is 24.7. The standard InChI is InChI=1S/C30H31NO4S/c1-20(2)24-12-9-22(10-13-24)18-35-19-23-11-14-26(27(17-23)25-8-6-5-7-21(25)3)29(32)31-28(30(33)34)15-16-36-4/h7-15,17,20H,16,18-19H2,1-4H3,(H,31,32)(H,33,34)/b28-15+. The van der Waals surface area contributed by atoms with Crippen molar-refractivity contribution < 1.29 is 19.4 Å². The smallest absolute Gasteiger partial charge is 0.352 e. The van der Waals surface area contributed by atoms with E-state index in [-0.39, 0.29) is 5.70 Å². The van der Waals surface area contributed by atoms with Crippen molar-refractivity contribution in [3.8, 4) is 11.1 Å². The minimum absolute atomic E-state index is 0.138. The summed E-state index contributed by atoms with van der Waals surface area (Å²) in [6.07, 6.45) is 3.36. The average molecular weight is 502 g/mol. The van der Waals surface area contributed by atoms with Gasteiger partial charge in [-0.15, -0.1) is 0 Å². The van der Waals surface area contributed by atoms with E-state index < -0.39 is 11.9 Å². The minimum Gasteiger partial charge on any atom is -0.477 e. The summed E-state index contributed by atoms with van der Waals surface area (Å²) in [6.45, 7) is 7.12. The average Bonchev–Trinajstić information content (AvgIpc) is 2.86. The van der Waals surface area contributed by atoms with Gasteiger partial charge < -0.3 is 15.2 Å². The SMILES string of the molecule is CSC/C=C(/NC(=O)c1ccc(COCc2ccc(C(C)C)cc2)cc1-c1cc#ccc1C)C(=O)O. The first kappa shape index (κ1) is 27.1. The zero-order valence-corrected chi connectivity index (χ0v) is 21.9. The van der Waals surface area contributed by atoms with Gasteiger partial charge in [0.15, 0.2) is 0 Å². The third kappa shape index (κ3) is 7.24. The molecule has 0 saturated carbocycles. The highest BCUT2D eigenvalue weighted by Gasteiger charge is 2.18. The number of carbonyl (C=O) groups is 2. The third-order valence-corrected chi connectivity index (χ3v) is 6.25. The van der Waals surface area contributed by atoms with E-state index in [2.05, 4.69) is 55.6 Å². The second kappa shape index (κ2) is 13.0. The van der Waals surface area contributed by atoms with Crippen molar-refractivity contribution >= 4 is 23.6 Å². The van der Waals surface area contributed by atoms with Crippen LogP contribution < -0.4 is 5.32 Å². The topological polar surface area (TPSA) is 75.6 Å². The normalized spacial score (nSPS) is 11.3. The van der Waals surface area contributed by atoms with Gasteiger partial charge in [-0.05, 0) is 82.8 Å². The highest BCUT2D eigenvalue weighted by atomic mass is 32.2. The number of rotatable bonds is 11. The minimum atomic E-state index is -1.18. The maximum Gasteiger partial charge on any atom is 0.352 e. The number of aryl methyl sites for hydroxylation is 1. The van der Waals surface area contributed by atoms with Crippen molar-refractivity contribution in [2.75, 3.05) is 12.0 Å². The Bertz CT molecular complexity index is 1230. The Hall–Kier alpha value is -3.53. The van der Waals surface area contributed by atoms with Crippen molar-refractivity contribution in [1.29, 1.82) is 0 Å². The zero-order valence-electron chi connectivity index (χ0n) is 21.1. The van der Waals surface area contributed by atoms with Crippen LogP contribution in [0.1, 0.15) is 52.4 Å². The largest absolute Gasteiger partial charge is 0.477 e. The fraction of sp³-hybridized carbons (Fsp3) is 0.267. The summed E-state index contributed by atoms with van der Waals surface area (Å²) in [5, 5.41) is 12.0. The van der Waals surface area contributed by atoms with Crippen molar-refractivity contribution in [3.05, 3.63) is 106 Å². The molecular weight excluding hydrogens is 470 g/mol. The molecule has 0 aliphatic rings. The fourth-order valence-corrected chi connectivity index (χ4v) is 4.01. The van der Waals surface area contributed by atoms with E-state index in [1.807, 2.05) is 31.4 Å². The van der Waals surface area contributed by atoms with Crippen LogP contribution >= 0.6 is 11.8 Å². The number of carbonyl (C=O) groups excluding carboxylic acids is 1. The molecule has 3 rings (SSSR count). The molecule has 0 unspecified atom stereocenters. The molecule has 0 aromatic heterocycles. The van der Waals surface area contributed by atoms with Gasteiger partial charge in [-0.2, -0.15) is 11.8 Å². The summed E-state index contributed by atoms with van der Waals surface area (Å²) in [7, 11) is 0. The number of ether oxygens (including phenoxy) is 1. The van der Waals surface area contributed by atoms with Crippen LogP contribution in [0.4, 0.5) is 0 Å². The van der Waals surface area contributed by atoms with Crippen LogP contribution in [0.2, 0.25) is 0 Å². The molecule has 0 saturated heterocycles. The molecule has 0 heterocycles. The summed E-state index contributed by atoms with van der Waals surface area (Å²) < 4.78 is 5.96. The molecule has 3 aromatic carbocycles. The summed E-state index contributed by atoms with van der Waals surface area (Å²) >= 11 is 1.47. The second-order valence-corrected chi connectivity index (χ2v) is 9.69. The third-order valence-electron chi connectivity index (χ3n) is 5.75. The molecule has 36 heavy (non-hydrogen) atoms. The van der Waals surface area contributed by atoms with Crippen LogP contribution in [-0.2, 0) is 22.7 Å². The van der Waals surface area contributed by atoms with Gasteiger partial charge >= 0.3 is 5.97 Å². The van der Waals surface area contributed by atoms with E-state index >= 15 is 0 Å². The monoisotopic (exact) mass is 501 g/mol. The number of carboxylic acids is 1. The number of thioether (sulfide) groups is 1. The molecule has 186 valence electrons. The van der Waals surface area contributed by atoms with Crippen molar-refractivity contribution in [2.45, 2.75) is 39.9 Å². The Morgan fingerprint density at radius 2 is 1.69 bits per heavy atom. The van der Waals surface area contributed by atoms with Crippen molar-refractivity contribution in [3.63, 3.8) is 0 Å². The Kier molecular flexibility index (Phi) is 9.75. The van der Waals surface area contributed by atoms with E-state index in [0.29, 0.717) is 36.0 Å². The number of hydrogen-bond acceptors (Lipinski definition) is 4. The molecular formula is C30H31NO4S. The van der Waals surface area contributed by atoms with Crippen LogP contribution in [0.3, 0.4) is 0 Å². The van der Waals surface area contributed by atoms with Crippen LogP contribution in [-0.4, -0.2) is 29.0 Å². The molecule has 0 bridgehead atoms. The van der Waals surface area contributed by atoms with Gasteiger partial charge in [-0.1, -0.05) is 56.3 Å². The summed E-state index contributed by atoms with van der Waals surface area (Å²) in [5.41, 5.74) is 5.98. The number of aliphatic carboxylic acids is 1. The molecule has 0 atom stereocenters. The molecule has 0 radical (unpaired) electrons. The fourth-order valence-electron chi connectivity index (χ4n) is 3.68. The van der Waals surface area contributed by atoms with E-state index in [4.69, 9.17) is 4.74 Å². The Morgan fingerprint density at radius 1 is 1.03 bits per heavy atom. The van der Waals surface area contributed by atoms with Crippen molar-refractivity contribution in [1.82, 2.24) is 5.32 Å². The van der Waals surface area contributed by atoms with Crippen LogP contribution in [0.25, 0.3) is 11.1 Å². The molecule has 1 amide bonds. The van der Waals surface area contributed by atoms with E-state index in [0.717, 1.165) is 22.3 Å². The van der Waals surface area contributed by atoms with Crippen LogP contribution in [0, 0.1) is 19.1 Å². The maximum absolute atomic E-state index is 13.1. The number of nitrogens with one attached hydrogen (secondary N) is 1. The van der Waals surface area contributed by atoms with Crippen molar-refractivity contribution in [2.24, 2.45) is 0 Å². The van der Waals surface area contributed by atoms with Gasteiger partial charge in [0.2, 0.25) is 0 Å². The second-order valence-electron chi connectivity index (χ2n) is 8.78. The Morgan fingerprint density at radius 3 is 2.33 bits per heavy atom. The van der Waals surface area contributed by atoms with Gasteiger partial charge in [0.05, 0.1) is 13.2 Å². The molecule has 2 N–H and O–H groups in total. The molecule has 0 aliphatic heterocycles. The van der Waals surface area contributed by atoms with Gasteiger partial charge in [-0.3, -0.25) is 4.79 Å². The molecule has 0 aliphatic carbocycles. The lowest BCUT2D eigenvalue weighted by molar-refractivity contribution is -0.133. The molecule has 6 heteroatoms. The van der Waals surface area contributed by atoms with Gasteiger partial charge in [0, 0.05) is 11.3 Å². The summed E-state index contributed by atoms with van der Waals surface area (Å²) in [6, 6.07) is 23.3. The van der Waals surface area contributed by atoms with Gasteiger partial charge in [-0.25, -0.2) is 4.79 Å². The van der Waals surface area contributed by atoms with Gasteiger partial charge in [0.25, 0.3) is 5.91 Å². The first-order chi connectivity index (χ1) is 17.3. The molecule has 0 fully saturated rings. The molecule has 3 aromatic rings. The number of benzene rings is 2. The van der Waals surface area contributed by atoms with Crippen LogP contribution in [0.15, 0.2) is 66.4 Å².